The lowest BCUT2D eigenvalue weighted by Gasteiger charge is -2.58. The normalized spacial score (nSPS) is 40.1. The lowest BCUT2D eigenvalue weighted by atomic mass is 9.53. The van der Waals surface area contributed by atoms with Gasteiger partial charge in [0.15, 0.2) is 19.5 Å². The lowest BCUT2D eigenvalue weighted by molar-refractivity contribution is -0.164. The van der Waals surface area contributed by atoms with Crippen LogP contribution in [0.25, 0.3) is 0 Å². The van der Waals surface area contributed by atoms with Crippen molar-refractivity contribution in [1.29, 1.82) is 0 Å². The van der Waals surface area contributed by atoms with Gasteiger partial charge in [0.2, 0.25) is 0 Å². The molecule has 10 aliphatic rings. The van der Waals surface area contributed by atoms with E-state index in [1.165, 1.54) is 52.4 Å². The van der Waals surface area contributed by atoms with E-state index in [2.05, 4.69) is 12.1 Å². The Morgan fingerprint density at radius 1 is 0.623 bits per heavy atom. The number of hydrogen-bond donors (Lipinski definition) is 0. The van der Waals surface area contributed by atoms with Gasteiger partial charge in [-0.2, -0.15) is 0 Å². The van der Waals surface area contributed by atoms with E-state index < -0.39 is 52.5 Å². The fourth-order valence-electron chi connectivity index (χ4n) is 11.2. The molecule has 8 fully saturated rings. The lowest BCUT2D eigenvalue weighted by Crippen LogP contribution is -2.76. The number of amides is 4. The highest BCUT2D eigenvalue weighted by Crippen LogP contribution is 2.79. The summed E-state index contributed by atoms with van der Waals surface area (Å²) in [6.45, 7) is 3.53. The highest BCUT2D eigenvalue weighted by Gasteiger charge is 2.88. The molecule has 3 aromatic carbocycles. The number of sulfonamides is 1. The van der Waals surface area contributed by atoms with E-state index in [1.54, 1.807) is 80.2 Å². The third-order valence-corrected chi connectivity index (χ3v) is 22.9. The molecule has 4 amide bonds. The number of anilines is 1. The molecule has 272 valence electrons. The maximum absolute atomic E-state index is 15.4. The zero-order valence-corrected chi connectivity index (χ0v) is 33.1. The monoisotopic (exact) mass is 803 g/mol. The number of para-hydroxylation sites is 1. The molecule has 13 rings (SSSR count). The third kappa shape index (κ3) is 3.22. The first-order chi connectivity index (χ1) is 25.2. The fraction of sp³-hybridized carbons (Fsp3) is 0.405. The van der Waals surface area contributed by atoms with Gasteiger partial charge in [0, 0.05) is 38.4 Å². The number of hydrogen-bond acceptors (Lipinski definition) is 10. The molecule has 1 aliphatic carbocycles. The minimum atomic E-state index is -4.37. The van der Waals surface area contributed by atoms with Gasteiger partial charge in [-0.15, -0.1) is 0 Å². The number of piperazine rings is 2. The molecule has 0 N–H and O–H groups in total. The number of likely N-dealkylation sites (N-methyl/N-ethyl adjacent to an activating group) is 2. The summed E-state index contributed by atoms with van der Waals surface area (Å²) in [7, 11) is 4.47. The van der Waals surface area contributed by atoms with Crippen molar-refractivity contribution in [3.63, 3.8) is 0 Å². The Morgan fingerprint density at radius 2 is 1.15 bits per heavy atom. The molecule has 0 saturated carbocycles. The van der Waals surface area contributed by atoms with Crippen molar-refractivity contribution in [3.8, 4) is 0 Å². The highest BCUT2D eigenvalue weighted by molar-refractivity contribution is 8.78. The molecule has 4 bridgehead atoms. The summed E-state index contributed by atoms with van der Waals surface area (Å²) in [5.41, 5.74) is 0.680. The summed E-state index contributed by atoms with van der Waals surface area (Å²) in [6, 6.07) is 23.1. The Kier molecular flexibility index (Phi) is 6.07. The Hall–Kier alpha value is -3.31. The van der Waals surface area contributed by atoms with Crippen molar-refractivity contribution >= 4 is 82.5 Å². The topological polar surface area (TPSA) is 119 Å². The zero-order chi connectivity index (χ0) is 36.9. The molecule has 9 heterocycles. The van der Waals surface area contributed by atoms with Crippen LogP contribution in [0.2, 0.25) is 0 Å². The van der Waals surface area contributed by atoms with E-state index in [1.807, 2.05) is 29.2 Å². The van der Waals surface area contributed by atoms with Crippen molar-refractivity contribution in [1.82, 2.24) is 19.6 Å². The Morgan fingerprint density at radius 3 is 1.81 bits per heavy atom. The van der Waals surface area contributed by atoms with E-state index >= 15 is 13.2 Å². The van der Waals surface area contributed by atoms with Crippen LogP contribution in [-0.2, 0) is 46.5 Å². The smallest absolute Gasteiger partial charge is 0.266 e. The Bertz CT molecular complexity index is 2400. The molecule has 8 atom stereocenters. The van der Waals surface area contributed by atoms with E-state index in [0.29, 0.717) is 17.7 Å². The highest BCUT2D eigenvalue weighted by atomic mass is 33.1. The van der Waals surface area contributed by atoms with Crippen LogP contribution in [0.3, 0.4) is 0 Å². The third-order valence-electron chi connectivity index (χ3n) is 13.7. The maximum Gasteiger partial charge on any atom is 0.266 e. The maximum atomic E-state index is 15.4. The summed E-state index contributed by atoms with van der Waals surface area (Å²) in [5, 5.41) is 0. The first kappa shape index (κ1) is 33.1. The molecule has 2 spiro atoms. The quantitative estimate of drug-likeness (QED) is 0.354. The van der Waals surface area contributed by atoms with E-state index in [9.17, 15) is 14.4 Å². The summed E-state index contributed by atoms with van der Waals surface area (Å²) < 4.78 is 32.1. The number of nitrogens with zero attached hydrogens (tertiary/aromatic N) is 5. The second-order valence-electron chi connectivity index (χ2n) is 15.6. The van der Waals surface area contributed by atoms with Crippen LogP contribution < -0.4 is 4.31 Å². The summed E-state index contributed by atoms with van der Waals surface area (Å²) >= 11 is 0. The number of benzene rings is 3. The first-order valence-electron chi connectivity index (χ1n) is 17.4. The van der Waals surface area contributed by atoms with E-state index in [0.717, 1.165) is 11.1 Å². The molecule has 53 heavy (non-hydrogen) atoms. The average Bonchev–Trinajstić information content (AvgIpc) is 3.84. The van der Waals surface area contributed by atoms with Crippen LogP contribution in [0.4, 0.5) is 5.69 Å². The second kappa shape index (κ2) is 9.73. The Balaban J connectivity index is 1.28. The minimum absolute atomic E-state index is 0.0617. The van der Waals surface area contributed by atoms with Crippen molar-refractivity contribution in [3.05, 3.63) is 95.6 Å². The van der Waals surface area contributed by atoms with E-state index in [-0.39, 0.29) is 41.4 Å². The molecule has 11 nitrogen and oxygen atoms in total. The van der Waals surface area contributed by atoms with Gasteiger partial charge in [-0.05, 0) is 55.2 Å². The van der Waals surface area contributed by atoms with Gasteiger partial charge in [-0.3, -0.25) is 24.1 Å². The molecule has 16 heteroatoms. The first-order valence-corrected chi connectivity index (χ1v) is 23.2. The molecular weight excluding hydrogens is 771 g/mol. The largest absolute Gasteiger partial charge is 0.319 e. The molecule has 3 aromatic rings. The molecular formula is C37H33N5O6S5. The number of carbonyl (C=O) groups excluding carboxylic acids is 4. The summed E-state index contributed by atoms with van der Waals surface area (Å²) in [4.78, 5) is 61.4. The average molecular weight is 804 g/mol. The Labute approximate surface area is 322 Å². The predicted molar refractivity (Wildman–Crippen MR) is 205 cm³/mol. The molecule has 0 radical (unpaired) electrons. The van der Waals surface area contributed by atoms with Crippen LogP contribution >= 0.6 is 43.2 Å². The van der Waals surface area contributed by atoms with Crippen LogP contribution in [0.15, 0.2) is 83.8 Å². The second-order valence-corrected chi connectivity index (χ2v) is 23.0. The summed E-state index contributed by atoms with van der Waals surface area (Å²) in [5.74, 6) is -0.920. The SMILES string of the molecule is CN1C(=O)C23CC4(C56CC78SSC(C)(C(=O)N7C5N(S(=O)(=O)c5ccccc5)c5ccccc56)N(C)C8=O)c5ccccc5CC4N2C(=O)C1(C)SS3. The van der Waals surface area contributed by atoms with Crippen LogP contribution in [-0.4, -0.2) is 97.4 Å². The number of carbonyl (C=O) groups is 4. The van der Waals surface area contributed by atoms with E-state index in [4.69, 9.17) is 0 Å². The van der Waals surface area contributed by atoms with Gasteiger partial charge in [-0.1, -0.05) is 104 Å². The predicted octanol–water partition coefficient (Wildman–Crippen LogP) is 4.35. The van der Waals surface area contributed by atoms with Gasteiger partial charge >= 0.3 is 0 Å². The van der Waals surface area contributed by atoms with Crippen molar-refractivity contribution < 1.29 is 27.6 Å². The number of fused-ring (bicyclic) bond motifs is 11. The molecule has 8 unspecified atom stereocenters. The van der Waals surface area contributed by atoms with Crippen LogP contribution in [0.1, 0.15) is 43.4 Å². The zero-order valence-electron chi connectivity index (χ0n) is 29.0. The van der Waals surface area contributed by atoms with Gasteiger partial charge in [0.1, 0.15) is 6.17 Å². The standard InChI is InChI=1S/C37H33N5O6S5/c1-32-28(43)40-26-18-21-12-8-9-15-23(21)34(26,19-36(40,51-49-32)30(45)38(32)3)35-20-37-31(46)39(4)33(2,50-52-37)29(44)41(37)27(35)42(25-17-11-10-16-24(25)35)53(47,48)22-13-6-5-7-14-22/h5-17,26-27H,18-20H2,1-4H3. The van der Waals surface area contributed by atoms with Gasteiger partial charge < -0.3 is 14.7 Å². The number of rotatable bonds is 3. The van der Waals surface area contributed by atoms with Gasteiger partial charge in [-0.25, -0.2) is 12.7 Å². The van der Waals surface area contributed by atoms with Crippen molar-refractivity contribution in [2.45, 2.75) is 80.5 Å². The van der Waals surface area contributed by atoms with Crippen molar-refractivity contribution in [2.24, 2.45) is 0 Å². The fourth-order valence-corrected chi connectivity index (χ4v) is 19.9. The minimum Gasteiger partial charge on any atom is -0.319 e. The molecule has 9 aliphatic heterocycles. The molecule has 8 saturated heterocycles. The van der Waals surface area contributed by atoms with Crippen LogP contribution in [0, 0.1) is 0 Å². The van der Waals surface area contributed by atoms with Gasteiger partial charge in [0.05, 0.1) is 16.0 Å². The molecule has 0 aromatic heterocycles. The van der Waals surface area contributed by atoms with Crippen molar-refractivity contribution in [2.75, 3.05) is 18.4 Å². The van der Waals surface area contributed by atoms with Crippen LogP contribution in [0.5, 0.6) is 0 Å². The summed E-state index contributed by atoms with van der Waals surface area (Å²) in [6.07, 6.45) is -0.472. The van der Waals surface area contributed by atoms with Gasteiger partial charge in [0.25, 0.3) is 33.7 Å².